The molecule has 17 heavy (non-hydrogen) atoms. The molecule has 1 fully saturated rings. The normalized spacial score (nSPS) is 16.8. The zero-order chi connectivity index (χ0) is 12.4. The topological polar surface area (TPSA) is 40.5 Å². The van der Waals surface area contributed by atoms with Crippen molar-refractivity contribution in [1.82, 2.24) is 4.90 Å². The average molecular weight is 258 g/mol. The lowest BCUT2D eigenvalue weighted by atomic mass is 9.96. The Morgan fingerprint density at radius 1 is 1.53 bits per heavy atom. The van der Waals surface area contributed by atoms with Crippen LogP contribution in [0.1, 0.15) is 12.0 Å². The summed E-state index contributed by atoms with van der Waals surface area (Å²) >= 11 is 5.66. The lowest BCUT2D eigenvalue weighted by Gasteiger charge is -2.38. The number of hydrogen-bond donors (Lipinski definition) is 1. The number of benzene rings is 1. The summed E-state index contributed by atoms with van der Waals surface area (Å²) in [4.78, 5) is 12.5. The quantitative estimate of drug-likeness (QED) is 0.900. The number of likely N-dealkylation sites (tertiary alicyclic amines) is 1. The summed E-state index contributed by atoms with van der Waals surface area (Å²) in [5.74, 6) is -0.880. The first-order chi connectivity index (χ1) is 8.04. The maximum Gasteiger partial charge on any atom is 0.303 e. The van der Waals surface area contributed by atoms with Gasteiger partial charge in [-0.2, -0.15) is 0 Å². The third kappa shape index (κ3) is 3.17. The van der Waals surface area contributed by atoms with Gasteiger partial charge in [-0.25, -0.2) is 4.39 Å². The molecular formula is C12H13ClFNO2. The van der Waals surface area contributed by atoms with Crippen LogP contribution in [0.25, 0.3) is 0 Å². The smallest absolute Gasteiger partial charge is 0.303 e. The highest BCUT2D eigenvalue weighted by atomic mass is 35.5. The van der Waals surface area contributed by atoms with E-state index < -0.39 is 5.97 Å². The first kappa shape index (κ1) is 12.3. The monoisotopic (exact) mass is 257 g/mol. The van der Waals surface area contributed by atoms with E-state index in [9.17, 15) is 9.18 Å². The highest BCUT2D eigenvalue weighted by Crippen LogP contribution is 2.23. The Labute approximate surface area is 104 Å². The maximum atomic E-state index is 13.5. The largest absolute Gasteiger partial charge is 0.481 e. The predicted molar refractivity (Wildman–Crippen MR) is 62.4 cm³/mol. The average Bonchev–Trinajstić information content (AvgIpc) is 2.17. The summed E-state index contributed by atoms with van der Waals surface area (Å²) in [6.07, 6.45) is 0.194. The van der Waals surface area contributed by atoms with Crippen LogP contribution in [0.15, 0.2) is 18.2 Å². The molecule has 0 radical (unpaired) electrons. The number of carbonyl (C=O) groups is 1. The zero-order valence-corrected chi connectivity index (χ0v) is 9.95. The molecule has 3 nitrogen and oxygen atoms in total. The second-order valence-electron chi connectivity index (χ2n) is 4.39. The molecule has 0 spiro atoms. The Hall–Kier alpha value is -1.13. The Morgan fingerprint density at radius 2 is 2.24 bits per heavy atom. The van der Waals surface area contributed by atoms with Crippen LogP contribution in [-0.4, -0.2) is 29.1 Å². The molecule has 0 saturated carbocycles. The van der Waals surface area contributed by atoms with Crippen molar-refractivity contribution in [2.45, 2.75) is 13.0 Å². The van der Waals surface area contributed by atoms with Crippen molar-refractivity contribution in [2.75, 3.05) is 13.1 Å². The Kier molecular flexibility index (Phi) is 3.64. The maximum absolute atomic E-state index is 13.5. The molecule has 1 heterocycles. The van der Waals surface area contributed by atoms with E-state index >= 15 is 0 Å². The van der Waals surface area contributed by atoms with E-state index in [0.717, 1.165) is 0 Å². The van der Waals surface area contributed by atoms with E-state index in [1.54, 1.807) is 12.1 Å². The number of hydrogen-bond acceptors (Lipinski definition) is 2. The van der Waals surface area contributed by atoms with Gasteiger partial charge in [0.15, 0.2) is 0 Å². The first-order valence-electron chi connectivity index (χ1n) is 5.42. The van der Waals surface area contributed by atoms with Crippen molar-refractivity contribution < 1.29 is 14.3 Å². The van der Waals surface area contributed by atoms with Crippen molar-refractivity contribution in [2.24, 2.45) is 5.92 Å². The highest BCUT2D eigenvalue weighted by Gasteiger charge is 2.28. The number of nitrogens with zero attached hydrogens (tertiary/aromatic N) is 1. The Balaban J connectivity index is 1.85. The zero-order valence-electron chi connectivity index (χ0n) is 9.20. The summed E-state index contributed by atoms with van der Waals surface area (Å²) in [5, 5.41) is 8.99. The van der Waals surface area contributed by atoms with Gasteiger partial charge in [0, 0.05) is 30.2 Å². The third-order valence-corrected chi connectivity index (χ3v) is 3.14. The van der Waals surface area contributed by atoms with E-state index in [-0.39, 0.29) is 18.2 Å². The van der Waals surface area contributed by atoms with E-state index in [2.05, 4.69) is 0 Å². The number of aliphatic carboxylic acids is 1. The Morgan fingerprint density at radius 3 is 2.82 bits per heavy atom. The van der Waals surface area contributed by atoms with Gasteiger partial charge in [0.1, 0.15) is 5.82 Å². The van der Waals surface area contributed by atoms with Crippen molar-refractivity contribution in [3.8, 4) is 0 Å². The fourth-order valence-electron chi connectivity index (χ4n) is 2.07. The molecule has 1 aliphatic rings. The SMILES string of the molecule is O=C(O)CC1CN(Cc2ccc(Cl)cc2F)C1. The van der Waals surface area contributed by atoms with Gasteiger partial charge in [0.25, 0.3) is 0 Å². The fourth-order valence-corrected chi connectivity index (χ4v) is 2.23. The second kappa shape index (κ2) is 5.02. The number of rotatable bonds is 4. The minimum absolute atomic E-state index is 0.194. The number of halogens is 2. The molecule has 1 N–H and O–H groups in total. The lowest BCUT2D eigenvalue weighted by Crippen LogP contribution is -2.46. The summed E-state index contributed by atoms with van der Waals surface area (Å²) in [5.41, 5.74) is 0.600. The molecule has 1 saturated heterocycles. The van der Waals surface area contributed by atoms with Gasteiger partial charge in [-0.05, 0) is 18.1 Å². The van der Waals surface area contributed by atoms with E-state index in [1.165, 1.54) is 6.07 Å². The van der Waals surface area contributed by atoms with Gasteiger partial charge in [0.2, 0.25) is 0 Å². The van der Waals surface area contributed by atoms with Gasteiger partial charge in [0.05, 0.1) is 6.42 Å². The predicted octanol–water partition coefficient (Wildman–Crippen LogP) is 2.39. The summed E-state index contributed by atoms with van der Waals surface area (Å²) in [6.45, 7) is 1.95. The molecule has 0 atom stereocenters. The van der Waals surface area contributed by atoms with Gasteiger partial charge < -0.3 is 5.11 Å². The molecule has 0 aromatic heterocycles. The summed E-state index contributed by atoms with van der Waals surface area (Å²) in [6, 6.07) is 4.63. The van der Waals surface area contributed by atoms with E-state index in [1.807, 2.05) is 4.90 Å². The fraction of sp³-hybridized carbons (Fsp3) is 0.417. The molecule has 0 bridgehead atoms. The lowest BCUT2D eigenvalue weighted by molar-refractivity contribution is -0.139. The molecule has 92 valence electrons. The third-order valence-electron chi connectivity index (χ3n) is 2.91. The van der Waals surface area contributed by atoms with E-state index in [0.29, 0.717) is 30.2 Å². The van der Waals surface area contributed by atoms with Crippen LogP contribution in [0.5, 0.6) is 0 Å². The van der Waals surface area contributed by atoms with Crippen LogP contribution in [-0.2, 0) is 11.3 Å². The van der Waals surface area contributed by atoms with Crippen molar-refractivity contribution >= 4 is 17.6 Å². The minimum Gasteiger partial charge on any atom is -0.481 e. The van der Waals surface area contributed by atoms with Crippen LogP contribution in [0.2, 0.25) is 5.02 Å². The number of carboxylic acid groups (broad SMARTS) is 1. The molecule has 0 unspecified atom stereocenters. The van der Waals surface area contributed by atoms with Gasteiger partial charge >= 0.3 is 5.97 Å². The molecule has 2 rings (SSSR count). The standard InChI is InChI=1S/C12H13ClFNO2/c13-10-2-1-9(11(14)4-10)7-15-5-8(6-15)3-12(16)17/h1-2,4,8H,3,5-7H2,(H,16,17). The molecule has 1 aromatic rings. The first-order valence-corrected chi connectivity index (χ1v) is 5.80. The van der Waals surface area contributed by atoms with Crippen LogP contribution >= 0.6 is 11.6 Å². The highest BCUT2D eigenvalue weighted by molar-refractivity contribution is 6.30. The number of carboxylic acids is 1. The van der Waals surface area contributed by atoms with Crippen molar-refractivity contribution in [3.63, 3.8) is 0 Å². The van der Waals surface area contributed by atoms with Gasteiger partial charge in [-0.15, -0.1) is 0 Å². The van der Waals surface area contributed by atoms with Crippen molar-refractivity contribution in [1.29, 1.82) is 0 Å². The molecule has 0 aliphatic carbocycles. The van der Waals surface area contributed by atoms with Crippen LogP contribution in [0.4, 0.5) is 4.39 Å². The van der Waals surface area contributed by atoms with E-state index in [4.69, 9.17) is 16.7 Å². The Bertz CT molecular complexity index is 433. The summed E-state index contributed by atoms with van der Waals surface area (Å²) in [7, 11) is 0. The second-order valence-corrected chi connectivity index (χ2v) is 4.83. The van der Waals surface area contributed by atoms with Crippen LogP contribution in [0.3, 0.4) is 0 Å². The van der Waals surface area contributed by atoms with Gasteiger partial charge in [-0.3, -0.25) is 9.69 Å². The van der Waals surface area contributed by atoms with Crippen LogP contribution in [0, 0.1) is 11.7 Å². The minimum atomic E-state index is -0.771. The molecule has 5 heteroatoms. The summed E-state index contributed by atoms with van der Waals surface area (Å²) < 4.78 is 13.5. The van der Waals surface area contributed by atoms with Gasteiger partial charge in [-0.1, -0.05) is 17.7 Å². The molecule has 1 aromatic carbocycles. The molecule has 0 amide bonds. The molecule has 1 aliphatic heterocycles. The van der Waals surface area contributed by atoms with Crippen molar-refractivity contribution in [3.05, 3.63) is 34.6 Å². The molecular weight excluding hydrogens is 245 g/mol. The van der Waals surface area contributed by atoms with Crippen LogP contribution < -0.4 is 0 Å².